The molecule has 1 aliphatic rings. The summed E-state index contributed by atoms with van der Waals surface area (Å²) in [7, 11) is 0. The molecule has 1 N–H and O–H groups in total. The van der Waals surface area contributed by atoms with Gasteiger partial charge in [0, 0.05) is 14.3 Å². The van der Waals surface area contributed by atoms with E-state index in [-0.39, 0.29) is 5.56 Å². The highest BCUT2D eigenvalue weighted by atomic mass is 79.9. The summed E-state index contributed by atoms with van der Waals surface area (Å²) < 4.78 is 11.8. The van der Waals surface area contributed by atoms with Crippen molar-refractivity contribution in [2.24, 2.45) is 0 Å². The molecule has 0 saturated heterocycles. The highest BCUT2D eigenvalue weighted by Gasteiger charge is 2.15. The molecule has 2 aromatic carbocycles. The SMILES string of the molecule is O=C(O)c1cc(Br)ccc1Sc1ccc2c(c1)OCCO2. The maximum atomic E-state index is 11.3. The van der Waals surface area contributed by atoms with Crippen molar-refractivity contribution >= 4 is 33.7 Å². The van der Waals surface area contributed by atoms with Gasteiger partial charge >= 0.3 is 5.97 Å². The van der Waals surface area contributed by atoms with Crippen molar-refractivity contribution in [1.82, 2.24) is 0 Å². The molecule has 1 heterocycles. The van der Waals surface area contributed by atoms with Crippen molar-refractivity contribution in [3.63, 3.8) is 0 Å². The molecule has 0 saturated carbocycles. The van der Waals surface area contributed by atoms with E-state index in [0.717, 1.165) is 15.1 Å². The van der Waals surface area contributed by atoms with Crippen molar-refractivity contribution in [2.45, 2.75) is 9.79 Å². The molecule has 0 radical (unpaired) electrons. The standard InChI is InChI=1S/C15H11BrO4S/c16-9-1-4-14(11(7-9)15(17)18)21-10-2-3-12-13(8-10)20-6-5-19-12/h1-4,7-8H,5-6H2,(H,17,18). The van der Waals surface area contributed by atoms with Gasteiger partial charge in [-0.15, -0.1) is 0 Å². The largest absolute Gasteiger partial charge is 0.486 e. The molecule has 4 nitrogen and oxygen atoms in total. The molecule has 3 rings (SSSR count). The maximum absolute atomic E-state index is 11.3. The predicted octanol–water partition coefficient (Wildman–Crippen LogP) is 4.07. The minimum Gasteiger partial charge on any atom is -0.486 e. The molecule has 21 heavy (non-hydrogen) atoms. The predicted molar refractivity (Wildman–Crippen MR) is 82.7 cm³/mol. The first-order valence-corrected chi connectivity index (χ1v) is 7.85. The second-order valence-electron chi connectivity index (χ2n) is 4.35. The monoisotopic (exact) mass is 366 g/mol. The van der Waals surface area contributed by atoms with Crippen LogP contribution in [0, 0.1) is 0 Å². The van der Waals surface area contributed by atoms with Gasteiger partial charge in [0.05, 0.1) is 5.56 Å². The lowest BCUT2D eigenvalue weighted by Crippen LogP contribution is -2.15. The quantitative estimate of drug-likeness (QED) is 0.886. The summed E-state index contributed by atoms with van der Waals surface area (Å²) in [5, 5.41) is 9.28. The molecule has 108 valence electrons. The Morgan fingerprint density at radius 3 is 2.62 bits per heavy atom. The van der Waals surface area contributed by atoms with E-state index in [4.69, 9.17) is 9.47 Å². The first-order valence-electron chi connectivity index (χ1n) is 6.24. The second kappa shape index (κ2) is 5.99. The highest BCUT2D eigenvalue weighted by molar-refractivity contribution is 9.10. The Kier molecular flexibility index (Phi) is 4.07. The molecule has 1 aliphatic heterocycles. The van der Waals surface area contributed by atoms with Crippen molar-refractivity contribution in [3.05, 3.63) is 46.4 Å². The van der Waals surface area contributed by atoms with Crippen molar-refractivity contribution in [3.8, 4) is 11.5 Å². The number of carboxylic acid groups (broad SMARTS) is 1. The van der Waals surface area contributed by atoms with E-state index in [2.05, 4.69) is 15.9 Å². The van der Waals surface area contributed by atoms with Crippen LogP contribution in [0.4, 0.5) is 0 Å². The molecule has 0 bridgehead atoms. The summed E-state index contributed by atoms with van der Waals surface area (Å²) in [4.78, 5) is 12.9. The Hall–Kier alpha value is -1.66. The Balaban J connectivity index is 1.92. The number of rotatable bonds is 3. The third kappa shape index (κ3) is 3.16. The molecule has 0 unspecified atom stereocenters. The molecule has 6 heteroatoms. The number of fused-ring (bicyclic) bond motifs is 1. The zero-order valence-electron chi connectivity index (χ0n) is 10.8. The van der Waals surface area contributed by atoms with Crippen LogP contribution in [0.15, 0.2) is 50.7 Å². The Labute approximate surface area is 134 Å². The highest BCUT2D eigenvalue weighted by Crippen LogP contribution is 2.38. The van der Waals surface area contributed by atoms with E-state index in [1.807, 2.05) is 24.3 Å². The van der Waals surface area contributed by atoms with Crippen LogP contribution in [-0.2, 0) is 0 Å². The molecule has 0 atom stereocenters. The number of aromatic carboxylic acids is 1. The van der Waals surface area contributed by atoms with Gasteiger partial charge in [-0.3, -0.25) is 0 Å². The van der Waals surface area contributed by atoms with Crippen LogP contribution in [-0.4, -0.2) is 24.3 Å². The van der Waals surface area contributed by atoms with Gasteiger partial charge in [0.1, 0.15) is 13.2 Å². The molecule has 0 aliphatic carbocycles. The van der Waals surface area contributed by atoms with E-state index in [9.17, 15) is 9.90 Å². The van der Waals surface area contributed by atoms with E-state index in [1.165, 1.54) is 11.8 Å². The van der Waals surface area contributed by atoms with E-state index < -0.39 is 5.97 Å². The summed E-state index contributed by atoms with van der Waals surface area (Å²) in [6, 6.07) is 10.8. The summed E-state index contributed by atoms with van der Waals surface area (Å²) >= 11 is 4.68. The number of carboxylic acids is 1. The van der Waals surface area contributed by atoms with Gasteiger partial charge in [-0.25, -0.2) is 4.79 Å². The first-order chi connectivity index (χ1) is 10.1. The van der Waals surface area contributed by atoms with Gasteiger partial charge < -0.3 is 14.6 Å². The maximum Gasteiger partial charge on any atom is 0.336 e. The van der Waals surface area contributed by atoms with Gasteiger partial charge in [0.2, 0.25) is 0 Å². The number of hydrogen-bond donors (Lipinski definition) is 1. The van der Waals surface area contributed by atoms with Crippen molar-refractivity contribution in [1.29, 1.82) is 0 Å². The fraction of sp³-hybridized carbons (Fsp3) is 0.133. The number of carbonyl (C=O) groups is 1. The van der Waals surface area contributed by atoms with Crippen LogP contribution in [0.1, 0.15) is 10.4 Å². The Morgan fingerprint density at radius 1 is 1.10 bits per heavy atom. The zero-order valence-corrected chi connectivity index (χ0v) is 13.2. The van der Waals surface area contributed by atoms with E-state index >= 15 is 0 Å². The molecular formula is C15H11BrO4S. The number of ether oxygens (including phenoxy) is 2. The van der Waals surface area contributed by atoms with E-state index in [0.29, 0.717) is 23.9 Å². The van der Waals surface area contributed by atoms with Gasteiger partial charge in [0.15, 0.2) is 11.5 Å². The minimum atomic E-state index is -0.948. The molecule has 0 spiro atoms. The van der Waals surface area contributed by atoms with Crippen LogP contribution in [0.2, 0.25) is 0 Å². The molecule has 0 fully saturated rings. The molecule has 0 aromatic heterocycles. The van der Waals surface area contributed by atoms with Crippen LogP contribution in [0.3, 0.4) is 0 Å². The topological polar surface area (TPSA) is 55.8 Å². The van der Waals surface area contributed by atoms with E-state index in [1.54, 1.807) is 12.1 Å². The average molecular weight is 367 g/mol. The smallest absolute Gasteiger partial charge is 0.336 e. The van der Waals surface area contributed by atoms with Crippen molar-refractivity contribution in [2.75, 3.05) is 13.2 Å². The number of halogens is 1. The van der Waals surface area contributed by atoms with Gasteiger partial charge in [-0.2, -0.15) is 0 Å². The minimum absolute atomic E-state index is 0.268. The lowest BCUT2D eigenvalue weighted by atomic mass is 10.2. The lowest BCUT2D eigenvalue weighted by Gasteiger charge is -2.18. The van der Waals surface area contributed by atoms with Gasteiger partial charge in [-0.05, 0) is 36.4 Å². The summed E-state index contributed by atoms with van der Waals surface area (Å²) in [6.07, 6.45) is 0. The zero-order chi connectivity index (χ0) is 14.8. The fourth-order valence-corrected chi connectivity index (χ4v) is 3.28. The van der Waals surface area contributed by atoms with Gasteiger partial charge in [0.25, 0.3) is 0 Å². The summed E-state index contributed by atoms with van der Waals surface area (Å²) in [5.41, 5.74) is 0.268. The molecule has 0 amide bonds. The average Bonchev–Trinajstić information content (AvgIpc) is 2.49. The Bertz CT molecular complexity index is 702. The number of hydrogen-bond acceptors (Lipinski definition) is 4. The molecular weight excluding hydrogens is 356 g/mol. The Morgan fingerprint density at radius 2 is 1.86 bits per heavy atom. The third-order valence-electron chi connectivity index (χ3n) is 2.91. The normalized spacial score (nSPS) is 13.0. The summed E-state index contributed by atoms with van der Waals surface area (Å²) in [6.45, 7) is 1.08. The first kappa shape index (κ1) is 14.3. The van der Waals surface area contributed by atoms with Gasteiger partial charge in [-0.1, -0.05) is 27.7 Å². The van der Waals surface area contributed by atoms with Crippen LogP contribution < -0.4 is 9.47 Å². The molecule has 2 aromatic rings. The third-order valence-corrected chi connectivity index (χ3v) is 4.47. The van der Waals surface area contributed by atoms with Crippen LogP contribution >= 0.6 is 27.7 Å². The van der Waals surface area contributed by atoms with Crippen LogP contribution in [0.25, 0.3) is 0 Å². The second-order valence-corrected chi connectivity index (χ2v) is 6.38. The lowest BCUT2D eigenvalue weighted by molar-refractivity contribution is 0.0693. The fourth-order valence-electron chi connectivity index (χ4n) is 1.97. The summed E-state index contributed by atoms with van der Waals surface area (Å²) in [5.74, 6) is 0.469. The van der Waals surface area contributed by atoms with Crippen molar-refractivity contribution < 1.29 is 19.4 Å². The number of benzene rings is 2. The van der Waals surface area contributed by atoms with Crippen LogP contribution in [0.5, 0.6) is 11.5 Å².